The van der Waals surface area contributed by atoms with Gasteiger partial charge in [0.25, 0.3) is 0 Å². The zero-order valence-electron chi connectivity index (χ0n) is 12.2. The molecule has 0 fully saturated rings. The molecule has 0 unspecified atom stereocenters. The maximum Gasteiger partial charge on any atom is 0.224 e. The van der Waals surface area contributed by atoms with Crippen molar-refractivity contribution in [3.63, 3.8) is 0 Å². The van der Waals surface area contributed by atoms with Crippen molar-refractivity contribution < 1.29 is 4.79 Å². The summed E-state index contributed by atoms with van der Waals surface area (Å²) in [6.07, 6.45) is 7.70. The van der Waals surface area contributed by atoms with Crippen LogP contribution in [0.4, 0.5) is 5.69 Å². The number of amides is 1. The Morgan fingerprint density at radius 1 is 1.30 bits per heavy atom. The van der Waals surface area contributed by atoms with E-state index in [0.29, 0.717) is 6.42 Å². The number of nitrogens with zero attached hydrogens (tertiary/aromatic N) is 1. The number of aryl methyl sites for hydroxylation is 1. The highest BCUT2D eigenvalue weighted by molar-refractivity contribution is 9.09. The van der Waals surface area contributed by atoms with E-state index in [1.54, 1.807) is 23.5 Å². The number of halogens is 1. The number of anilines is 1. The van der Waals surface area contributed by atoms with E-state index in [4.69, 9.17) is 0 Å². The van der Waals surface area contributed by atoms with Crippen LogP contribution in [0.1, 0.15) is 31.4 Å². The molecule has 112 valence electrons. The number of carbonyl (C=O) groups excluding carboxylic acids is 1. The van der Waals surface area contributed by atoms with Crippen LogP contribution >= 0.6 is 39.5 Å². The van der Waals surface area contributed by atoms with Crippen LogP contribution in [0.25, 0.3) is 0 Å². The summed E-state index contributed by atoms with van der Waals surface area (Å²) in [6.45, 7) is 1.98. The Morgan fingerprint density at radius 2 is 2.05 bits per heavy atom. The first-order valence-corrected chi connectivity index (χ1v) is 10.1. The highest BCUT2D eigenvalue weighted by Gasteiger charge is 2.13. The molecular weight excluding hydrogens is 356 g/mol. The zero-order chi connectivity index (χ0) is 15.0. The molecule has 6 heteroatoms. The van der Waals surface area contributed by atoms with Crippen LogP contribution in [0.3, 0.4) is 0 Å². The van der Waals surface area contributed by atoms with Gasteiger partial charge >= 0.3 is 0 Å². The Kier molecular flexibility index (Phi) is 8.64. The number of carbonyl (C=O) groups is 1. The Hall–Kier alpha value is -0.200. The summed E-state index contributed by atoms with van der Waals surface area (Å²) < 4.78 is 0. The molecule has 1 aromatic heterocycles. The van der Waals surface area contributed by atoms with Crippen molar-refractivity contribution in [2.45, 2.75) is 42.5 Å². The molecule has 1 aromatic rings. The molecule has 0 aromatic carbocycles. The SMILES string of the molecule is CSc1cc(C)nc(SC)c1NC(=O)CCCCCBr. The number of unbranched alkanes of at least 4 members (excludes halogenated alkanes) is 2. The Balaban J connectivity index is 2.72. The standard InChI is InChI=1S/C14H21BrN2OS2/c1-10-9-11(19-2)13(14(16-10)20-3)17-12(18)7-5-4-6-8-15/h9H,4-8H2,1-3H3,(H,17,18). The average molecular weight is 377 g/mol. The number of hydrogen-bond acceptors (Lipinski definition) is 4. The summed E-state index contributed by atoms with van der Waals surface area (Å²) in [5, 5.41) is 4.93. The van der Waals surface area contributed by atoms with Gasteiger partial charge in [0.15, 0.2) is 0 Å². The third kappa shape index (κ3) is 5.66. The maximum absolute atomic E-state index is 12.0. The van der Waals surface area contributed by atoms with Crippen LogP contribution in [0.2, 0.25) is 0 Å². The van der Waals surface area contributed by atoms with Crippen molar-refractivity contribution in [2.24, 2.45) is 0 Å². The molecular formula is C14H21BrN2OS2. The molecule has 3 nitrogen and oxygen atoms in total. The summed E-state index contributed by atoms with van der Waals surface area (Å²) in [5.41, 5.74) is 1.84. The van der Waals surface area contributed by atoms with E-state index in [0.717, 1.165) is 45.9 Å². The number of alkyl halides is 1. The van der Waals surface area contributed by atoms with Crippen molar-refractivity contribution in [2.75, 3.05) is 23.2 Å². The topological polar surface area (TPSA) is 42.0 Å². The molecule has 0 bridgehead atoms. The van der Waals surface area contributed by atoms with E-state index < -0.39 is 0 Å². The molecule has 0 aliphatic heterocycles. The zero-order valence-corrected chi connectivity index (χ0v) is 15.4. The average Bonchev–Trinajstić information content (AvgIpc) is 2.44. The Morgan fingerprint density at radius 3 is 2.65 bits per heavy atom. The molecule has 0 saturated carbocycles. The van der Waals surface area contributed by atoms with Gasteiger partial charge in [-0.15, -0.1) is 23.5 Å². The lowest BCUT2D eigenvalue weighted by molar-refractivity contribution is -0.116. The minimum atomic E-state index is 0.0795. The third-order valence-corrected chi connectivity index (χ3v) is 4.80. The van der Waals surface area contributed by atoms with Crippen LogP contribution in [-0.2, 0) is 4.79 Å². The van der Waals surface area contributed by atoms with Gasteiger partial charge in [-0.05, 0) is 38.3 Å². The summed E-state index contributed by atoms with van der Waals surface area (Å²) in [7, 11) is 0. The van der Waals surface area contributed by atoms with Crippen molar-refractivity contribution in [1.82, 2.24) is 4.98 Å². The fourth-order valence-corrected chi connectivity index (χ4v) is 3.50. The van der Waals surface area contributed by atoms with Gasteiger partial charge in [0.05, 0.1) is 5.69 Å². The molecule has 0 spiro atoms. The van der Waals surface area contributed by atoms with E-state index in [-0.39, 0.29) is 5.91 Å². The van der Waals surface area contributed by atoms with E-state index in [2.05, 4.69) is 26.2 Å². The predicted octanol–water partition coefficient (Wildman–Crippen LogP) is 4.73. The quantitative estimate of drug-likeness (QED) is 0.404. The van der Waals surface area contributed by atoms with Crippen LogP contribution < -0.4 is 5.32 Å². The van der Waals surface area contributed by atoms with Crippen molar-refractivity contribution >= 4 is 51.0 Å². The predicted molar refractivity (Wildman–Crippen MR) is 93.4 cm³/mol. The molecule has 1 heterocycles. The fraction of sp³-hybridized carbons (Fsp3) is 0.571. The van der Waals surface area contributed by atoms with Crippen LogP contribution in [0.5, 0.6) is 0 Å². The van der Waals surface area contributed by atoms with Gasteiger partial charge in [-0.2, -0.15) is 0 Å². The Bertz CT molecular complexity index is 430. The first-order chi connectivity index (χ1) is 9.62. The van der Waals surface area contributed by atoms with Gasteiger partial charge in [0.2, 0.25) is 5.91 Å². The number of aromatic nitrogens is 1. The van der Waals surface area contributed by atoms with Crippen molar-refractivity contribution in [3.8, 4) is 0 Å². The van der Waals surface area contributed by atoms with Crippen molar-refractivity contribution in [1.29, 1.82) is 0 Å². The lowest BCUT2D eigenvalue weighted by atomic mass is 10.2. The van der Waals surface area contributed by atoms with E-state index in [1.165, 1.54) is 0 Å². The summed E-state index contributed by atoms with van der Waals surface area (Å²) in [4.78, 5) is 17.6. The third-order valence-electron chi connectivity index (χ3n) is 2.79. The fourth-order valence-electron chi connectivity index (χ4n) is 1.80. The number of rotatable bonds is 8. The van der Waals surface area contributed by atoms with Gasteiger partial charge < -0.3 is 5.32 Å². The summed E-state index contributed by atoms with van der Waals surface area (Å²) >= 11 is 6.61. The maximum atomic E-state index is 12.0. The van der Waals surface area contributed by atoms with E-state index in [1.807, 2.05) is 25.5 Å². The van der Waals surface area contributed by atoms with Gasteiger partial charge in [-0.1, -0.05) is 22.4 Å². The second-order valence-corrected chi connectivity index (χ2v) is 6.83. The van der Waals surface area contributed by atoms with Crippen molar-refractivity contribution in [3.05, 3.63) is 11.8 Å². The minimum Gasteiger partial charge on any atom is -0.323 e. The number of hydrogen-bond donors (Lipinski definition) is 1. The molecule has 1 amide bonds. The highest BCUT2D eigenvalue weighted by Crippen LogP contribution is 2.33. The second kappa shape index (κ2) is 9.68. The largest absolute Gasteiger partial charge is 0.323 e. The lowest BCUT2D eigenvalue weighted by Gasteiger charge is -2.13. The van der Waals surface area contributed by atoms with E-state index >= 15 is 0 Å². The second-order valence-electron chi connectivity index (χ2n) is 4.40. The van der Waals surface area contributed by atoms with Crippen LogP contribution in [0.15, 0.2) is 16.0 Å². The minimum absolute atomic E-state index is 0.0795. The Labute approximate surface area is 138 Å². The molecule has 1 rings (SSSR count). The van der Waals surface area contributed by atoms with E-state index in [9.17, 15) is 4.79 Å². The monoisotopic (exact) mass is 376 g/mol. The molecule has 0 atom stereocenters. The number of pyridine rings is 1. The highest BCUT2D eigenvalue weighted by atomic mass is 79.9. The van der Waals surface area contributed by atoms with Gasteiger partial charge in [0.1, 0.15) is 5.03 Å². The number of nitrogens with one attached hydrogen (secondary N) is 1. The van der Waals surface area contributed by atoms with Gasteiger partial charge in [-0.25, -0.2) is 4.98 Å². The van der Waals surface area contributed by atoms with Gasteiger partial charge in [0, 0.05) is 22.3 Å². The van der Waals surface area contributed by atoms with Crippen LogP contribution in [0, 0.1) is 6.92 Å². The lowest BCUT2D eigenvalue weighted by Crippen LogP contribution is -2.13. The molecule has 0 saturated heterocycles. The molecule has 20 heavy (non-hydrogen) atoms. The smallest absolute Gasteiger partial charge is 0.224 e. The number of thioether (sulfide) groups is 2. The van der Waals surface area contributed by atoms with Crippen LogP contribution in [-0.4, -0.2) is 28.7 Å². The first-order valence-electron chi connectivity index (χ1n) is 6.57. The molecule has 0 radical (unpaired) electrons. The normalized spacial score (nSPS) is 10.6. The summed E-state index contributed by atoms with van der Waals surface area (Å²) in [6, 6.07) is 2.02. The van der Waals surface area contributed by atoms with Gasteiger partial charge in [-0.3, -0.25) is 4.79 Å². The molecule has 1 N–H and O–H groups in total. The summed E-state index contributed by atoms with van der Waals surface area (Å²) in [5.74, 6) is 0.0795. The molecule has 0 aliphatic carbocycles. The molecule has 0 aliphatic rings. The first kappa shape index (κ1) is 17.9.